The van der Waals surface area contributed by atoms with E-state index >= 15 is 0 Å². The van der Waals surface area contributed by atoms with Gasteiger partial charge in [-0.25, -0.2) is 0 Å². The Morgan fingerprint density at radius 2 is 1.96 bits per heavy atom. The van der Waals surface area contributed by atoms with Gasteiger partial charge in [-0.3, -0.25) is 14.6 Å². The summed E-state index contributed by atoms with van der Waals surface area (Å²) in [5.41, 5.74) is 1.11. The SMILES string of the molecule is CCCCC(=O)C(C)(Cc1ccc(-c2ccccc2C#N)nc1)C(=O)O. The second kappa shape index (κ2) is 8.39. The van der Waals surface area contributed by atoms with Gasteiger partial charge in [-0.15, -0.1) is 0 Å². The number of aliphatic carboxylic acids is 1. The fraction of sp³-hybridized carbons (Fsp3) is 0.333. The van der Waals surface area contributed by atoms with Crippen molar-refractivity contribution < 1.29 is 14.7 Å². The number of rotatable bonds is 8. The predicted octanol–water partition coefficient (Wildman–Crippen LogP) is 4.01. The van der Waals surface area contributed by atoms with E-state index in [1.165, 1.54) is 6.92 Å². The van der Waals surface area contributed by atoms with E-state index in [-0.39, 0.29) is 18.6 Å². The molecule has 0 fully saturated rings. The van der Waals surface area contributed by atoms with Crippen LogP contribution in [0.25, 0.3) is 11.3 Å². The maximum Gasteiger partial charge on any atom is 0.317 e. The molecule has 0 saturated heterocycles. The van der Waals surface area contributed by atoms with Gasteiger partial charge in [-0.05, 0) is 37.5 Å². The van der Waals surface area contributed by atoms with Gasteiger partial charge >= 0.3 is 5.97 Å². The molecule has 5 heteroatoms. The smallest absolute Gasteiger partial charge is 0.317 e. The molecule has 0 saturated carbocycles. The number of carbonyl (C=O) groups is 2. The molecule has 0 spiro atoms. The quantitative estimate of drug-likeness (QED) is 0.726. The Balaban J connectivity index is 2.25. The Kier molecular flexibility index (Phi) is 6.24. The van der Waals surface area contributed by atoms with Gasteiger partial charge in [0.1, 0.15) is 11.2 Å². The molecule has 5 nitrogen and oxygen atoms in total. The second-order valence-corrected chi connectivity index (χ2v) is 6.55. The van der Waals surface area contributed by atoms with E-state index in [0.29, 0.717) is 23.2 Å². The molecule has 1 heterocycles. The van der Waals surface area contributed by atoms with Crippen molar-refractivity contribution in [3.8, 4) is 17.3 Å². The molecule has 134 valence electrons. The molecule has 2 aromatic rings. The maximum atomic E-state index is 12.4. The highest BCUT2D eigenvalue weighted by molar-refractivity contribution is 6.02. The number of pyridine rings is 1. The van der Waals surface area contributed by atoms with Crippen LogP contribution < -0.4 is 0 Å². The van der Waals surface area contributed by atoms with E-state index in [0.717, 1.165) is 12.0 Å². The number of ketones is 1. The molecular weight excluding hydrogens is 328 g/mol. The standard InChI is InChI=1S/C21H22N2O3/c1-3-4-9-19(24)21(2,20(25)26)12-15-10-11-18(23-14-15)17-8-6-5-7-16(17)13-22/h5-8,10-11,14H,3-4,9,12H2,1-2H3,(H,25,26). The fourth-order valence-corrected chi connectivity index (χ4v) is 2.81. The van der Waals surface area contributed by atoms with Crippen LogP contribution in [0.3, 0.4) is 0 Å². The Labute approximate surface area is 153 Å². The van der Waals surface area contributed by atoms with Crippen LogP contribution in [0.4, 0.5) is 0 Å². The van der Waals surface area contributed by atoms with Gasteiger partial charge in [0, 0.05) is 18.2 Å². The molecule has 1 atom stereocenters. The third kappa shape index (κ3) is 4.15. The summed E-state index contributed by atoms with van der Waals surface area (Å²) in [6.45, 7) is 3.44. The molecule has 26 heavy (non-hydrogen) atoms. The molecule has 1 aromatic heterocycles. The van der Waals surface area contributed by atoms with Crippen molar-refractivity contribution in [2.24, 2.45) is 5.41 Å². The van der Waals surface area contributed by atoms with Gasteiger partial charge in [0.05, 0.1) is 17.3 Å². The number of hydrogen-bond acceptors (Lipinski definition) is 4. The van der Waals surface area contributed by atoms with Gasteiger partial charge in [-0.1, -0.05) is 37.6 Å². The van der Waals surface area contributed by atoms with Gasteiger partial charge in [0.2, 0.25) is 0 Å². The van der Waals surface area contributed by atoms with E-state index in [4.69, 9.17) is 0 Å². The molecule has 1 aromatic carbocycles. The van der Waals surface area contributed by atoms with Gasteiger partial charge < -0.3 is 5.11 Å². The molecular formula is C21H22N2O3. The summed E-state index contributed by atoms with van der Waals surface area (Å²) < 4.78 is 0. The number of aromatic nitrogens is 1. The van der Waals surface area contributed by atoms with E-state index in [1.54, 1.807) is 30.5 Å². The molecule has 0 radical (unpaired) electrons. The monoisotopic (exact) mass is 350 g/mol. The third-order valence-corrected chi connectivity index (χ3v) is 4.55. The molecule has 0 amide bonds. The fourth-order valence-electron chi connectivity index (χ4n) is 2.81. The summed E-state index contributed by atoms with van der Waals surface area (Å²) in [4.78, 5) is 28.5. The van der Waals surface area contributed by atoms with Crippen molar-refractivity contribution in [2.45, 2.75) is 39.5 Å². The minimum Gasteiger partial charge on any atom is -0.480 e. The van der Waals surface area contributed by atoms with Crippen LogP contribution in [0.1, 0.15) is 44.2 Å². The average molecular weight is 350 g/mol. The number of carboxylic acid groups (broad SMARTS) is 1. The van der Waals surface area contributed by atoms with Crippen molar-refractivity contribution in [3.63, 3.8) is 0 Å². The largest absolute Gasteiger partial charge is 0.480 e. The topological polar surface area (TPSA) is 91.0 Å². The van der Waals surface area contributed by atoms with Gasteiger partial charge in [0.15, 0.2) is 0 Å². The Hall–Kier alpha value is -3.00. The molecule has 0 aliphatic heterocycles. The average Bonchev–Trinajstić information content (AvgIpc) is 2.66. The summed E-state index contributed by atoms with van der Waals surface area (Å²) in [6, 6.07) is 12.8. The van der Waals surface area contributed by atoms with Crippen molar-refractivity contribution in [1.82, 2.24) is 4.98 Å². The zero-order chi connectivity index (χ0) is 19.2. The second-order valence-electron chi connectivity index (χ2n) is 6.55. The van der Waals surface area contributed by atoms with Crippen molar-refractivity contribution in [2.75, 3.05) is 0 Å². The minimum atomic E-state index is -1.46. The maximum absolute atomic E-state index is 12.4. The number of carbonyl (C=O) groups excluding carboxylic acids is 1. The normalized spacial score (nSPS) is 12.8. The lowest BCUT2D eigenvalue weighted by Crippen LogP contribution is -2.38. The first-order valence-corrected chi connectivity index (χ1v) is 8.63. The van der Waals surface area contributed by atoms with Gasteiger partial charge in [0.25, 0.3) is 0 Å². The first-order valence-electron chi connectivity index (χ1n) is 8.63. The molecule has 1 unspecified atom stereocenters. The number of nitrogens with zero attached hydrogens (tertiary/aromatic N) is 2. The zero-order valence-electron chi connectivity index (χ0n) is 15.0. The summed E-state index contributed by atoms with van der Waals surface area (Å²) in [5, 5.41) is 18.8. The Morgan fingerprint density at radius 3 is 2.54 bits per heavy atom. The van der Waals surface area contributed by atoms with Crippen molar-refractivity contribution in [3.05, 3.63) is 53.7 Å². The Morgan fingerprint density at radius 1 is 1.23 bits per heavy atom. The summed E-state index contributed by atoms with van der Waals surface area (Å²) in [5.74, 6) is -1.37. The number of carboxylic acids is 1. The van der Waals surface area contributed by atoms with Crippen LogP contribution in [0, 0.1) is 16.7 Å². The highest BCUT2D eigenvalue weighted by atomic mass is 16.4. The molecule has 1 N–H and O–H groups in total. The van der Waals surface area contributed by atoms with E-state index < -0.39 is 11.4 Å². The summed E-state index contributed by atoms with van der Waals surface area (Å²) in [7, 11) is 0. The third-order valence-electron chi connectivity index (χ3n) is 4.55. The molecule has 0 aliphatic carbocycles. The zero-order valence-corrected chi connectivity index (χ0v) is 15.0. The first-order chi connectivity index (χ1) is 12.4. The van der Waals surface area contributed by atoms with Crippen LogP contribution in [-0.4, -0.2) is 21.8 Å². The Bertz CT molecular complexity index is 837. The van der Waals surface area contributed by atoms with Crippen molar-refractivity contribution >= 4 is 11.8 Å². The highest BCUT2D eigenvalue weighted by Gasteiger charge is 2.40. The lowest BCUT2D eigenvalue weighted by atomic mass is 9.78. The number of Topliss-reactive ketones (excluding diaryl/α,β-unsaturated/α-hetero) is 1. The van der Waals surface area contributed by atoms with Crippen LogP contribution in [0.5, 0.6) is 0 Å². The number of benzene rings is 1. The molecule has 0 bridgehead atoms. The lowest BCUT2D eigenvalue weighted by molar-refractivity contribution is -0.153. The van der Waals surface area contributed by atoms with Crippen molar-refractivity contribution in [1.29, 1.82) is 5.26 Å². The van der Waals surface area contributed by atoms with Gasteiger partial charge in [-0.2, -0.15) is 5.26 Å². The minimum absolute atomic E-state index is 0.0953. The van der Waals surface area contributed by atoms with Crippen LogP contribution in [-0.2, 0) is 16.0 Å². The number of nitriles is 1. The number of unbranched alkanes of at least 4 members (excludes halogenated alkanes) is 1. The number of hydrogen-bond donors (Lipinski definition) is 1. The first kappa shape index (κ1) is 19.3. The molecule has 2 rings (SSSR count). The summed E-state index contributed by atoms with van der Waals surface area (Å²) >= 11 is 0. The van der Waals surface area contributed by atoms with Crippen LogP contribution in [0.2, 0.25) is 0 Å². The van der Waals surface area contributed by atoms with E-state index in [9.17, 15) is 20.0 Å². The summed E-state index contributed by atoms with van der Waals surface area (Å²) in [6.07, 6.45) is 3.47. The lowest BCUT2D eigenvalue weighted by Gasteiger charge is -2.23. The highest BCUT2D eigenvalue weighted by Crippen LogP contribution is 2.28. The molecule has 0 aliphatic rings. The van der Waals surface area contributed by atoms with Crippen LogP contribution in [0.15, 0.2) is 42.6 Å². The van der Waals surface area contributed by atoms with E-state index in [1.807, 2.05) is 19.1 Å². The van der Waals surface area contributed by atoms with Crippen LogP contribution >= 0.6 is 0 Å². The van der Waals surface area contributed by atoms with E-state index in [2.05, 4.69) is 11.1 Å². The predicted molar refractivity (Wildman–Crippen MR) is 98.4 cm³/mol.